The summed E-state index contributed by atoms with van der Waals surface area (Å²) in [4.78, 5) is 0. The molecule has 1 rings (SSSR count). The van der Waals surface area contributed by atoms with Crippen molar-refractivity contribution in [2.75, 3.05) is 0 Å². The van der Waals surface area contributed by atoms with Crippen molar-refractivity contribution in [3.63, 3.8) is 0 Å². The SMILES string of the molecule is CCCCc1ccc(O)c(F)c1F. The second-order valence-electron chi connectivity index (χ2n) is 2.98. The standard InChI is InChI=1S/C10H12F2O/c1-2-3-4-7-5-6-8(13)10(12)9(7)11/h5-6,13H,2-4H2,1H3. The van der Waals surface area contributed by atoms with Gasteiger partial charge in [-0.25, -0.2) is 4.39 Å². The average molecular weight is 186 g/mol. The molecule has 13 heavy (non-hydrogen) atoms. The molecule has 0 heterocycles. The average Bonchev–Trinajstić information content (AvgIpc) is 2.13. The zero-order valence-electron chi connectivity index (χ0n) is 7.48. The lowest BCUT2D eigenvalue weighted by molar-refractivity contribution is 0.403. The molecule has 0 aliphatic carbocycles. The van der Waals surface area contributed by atoms with Crippen molar-refractivity contribution >= 4 is 0 Å². The predicted octanol–water partition coefficient (Wildman–Crippen LogP) is 3.01. The minimum Gasteiger partial charge on any atom is -0.505 e. The van der Waals surface area contributed by atoms with E-state index in [2.05, 4.69) is 0 Å². The Morgan fingerprint density at radius 1 is 1.23 bits per heavy atom. The number of hydrogen-bond donors (Lipinski definition) is 1. The summed E-state index contributed by atoms with van der Waals surface area (Å²) in [6.45, 7) is 1.98. The van der Waals surface area contributed by atoms with E-state index in [-0.39, 0.29) is 0 Å². The van der Waals surface area contributed by atoms with Gasteiger partial charge in [-0.3, -0.25) is 0 Å². The van der Waals surface area contributed by atoms with E-state index >= 15 is 0 Å². The monoisotopic (exact) mass is 186 g/mol. The highest BCUT2D eigenvalue weighted by Crippen LogP contribution is 2.22. The van der Waals surface area contributed by atoms with Gasteiger partial charge in [0, 0.05) is 0 Å². The molecule has 0 fully saturated rings. The van der Waals surface area contributed by atoms with Gasteiger partial charge in [-0.15, -0.1) is 0 Å². The molecule has 1 aromatic carbocycles. The fraction of sp³-hybridized carbons (Fsp3) is 0.400. The molecule has 3 heteroatoms. The maximum Gasteiger partial charge on any atom is 0.200 e. The van der Waals surface area contributed by atoms with Crippen LogP contribution in [0, 0.1) is 11.6 Å². The highest BCUT2D eigenvalue weighted by molar-refractivity contribution is 5.29. The number of phenolic OH excluding ortho intramolecular Hbond substituents is 1. The van der Waals surface area contributed by atoms with Gasteiger partial charge in [0.05, 0.1) is 0 Å². The molecule has 1 nitrogen and oxygen atoms in total. The van der Waals surface area contributed by atoms with Crippen molar-refractivity contribution in [2.45, 2.75) is 26.2 Å². The second-order valence-corrected chi connectivity index (χ2v) is 2.98. The molecule has 0 aromatic heterocycles. The summed E-state index contributed by atoms with van der Waals surface area (Å²) in [6, 6.07) is 2.60. The number of aryl methyl sites for hydroxylation is 1. The molecule has 0 amide bonds. The second kappa shape index (κ2) is 4.21. The highest BCUT2D eigenvalue weighted by atomic mass is 19.2. The van der Waals surface area contributed by atoms with Crippen LogP contribution in [0.4, 0.5) is 8.78 Å². The lowest BCUT2D eigenvalue weighted by atomic mass is 10.1. The maximum absolute atomic E-state index is 13.1. The van der Waals surface area contributed by atoms with E-state index in [1.54, 1.807) is 0 Å². The molecule has 0 saturated heterocycles. The largest absolute Gasteiger partial charge is 0.505 e. The van der Waals surface area contributed by atoms with Crippen LogP contribution in [0.2, 0.25) is 0 Å². The van der Waals surface area contributed by atoms with Crippen molar-refractivity contribution in [1.82, 2.24) is 0 Å². The van der Waals surface area contributed by atoms with Crippen LogP contribution in [0.5, 0.6) is 5.75 Å². The Kier molecular flexibility index (Phi) is 3.23. The molecule has 0 unspecified atom stereocenters. The van der Waals surface area contributed by atoms with E-state index in [9.17, 15) is 8.78 Å². The molecule has 0 atom stereocenters. The molecule has 0 bridgehead atoms. The van der Waals surface area contributed by atoms with Gasteiger partial charge in [-0.2, -0.15) is 4.39 Å². The molecule has 1 aromatic rings. The highest BCUT2D eigenvalue weighted by Gasteiger charge is 2.11. The van der Waals surface area contributed by atoms with Gasteiger partial charge in [-0.05, 0) is 24.5 Å². The quantitative estimate of drug-likeness (QED) is 0.769. The lowest BCUT2D eigenvalue weighted by Crippen LogP contribution is -1.94. The third kappa shape index (κ3) is 2.17. The molecule has 0 spiro atoms. The minimum absolute atomic E-state index is 0.331. The Hall–Kier alpha value is -1.12. The summed E-state index contributed by atoms with van der Waals surface area (Å²) in [5, 5.41) is 8.83. The van der Waals surface area contributed by atoms with Gasteiger partial charge in [0.15, 0.2) is 11.6 Å². The molecule has 72 valence electrons. The Morgan fingerprint density at radius 3 is 2.54 bits per heavy atom. The number of phenols is 1. The molecular formula is C10H12F2O. The fourth-order valence-corrected chi connectivity index (χ4v) is 1.14. The Labute approximate surface area is 76.0 Å². The summed E-state index contributed by atoms with van der Waals surface area (Å²) >= 11 is 0. The van der Waals surface area contributed by atoms with Crippen molar-refractivity contribution in [2.24, 2.45) is 0 Å². The summed E-state index contributed by atoms with van der Waals surface area (Å²) < 4.78 is 25.8. The van der Waals surface area contributed by atoms with Crippen LogP contribution < -0.4 is 0 Å². The fourth-order valence-electron chi connectivity index (χ4n) is 1.14. The maximum atomic E-state index is 13.1. The molecule has 0 aliphatic rings. The first-order valence-electron chi connectivity index (χ1n) is 4.32. The third-order valence-corrected chi connectivity index (χ3v) is 1.94. The van der Waals surface area contributed by atoms with E-state index in [4.69, 9.17) is 5.11 Å². The van der Waals surface area contributed by atoms with Gasteiger partial charge in [0.25, 0.3) is 0 Å². The molecular weight excluding hydrogens is 174 g/mol. The normalized spacial score (nSPS) is 10.4. The predicted molar refractivity (Wildman–Crippen MR) is 46.6 cm³/mol. The van der Waals surface area contributed by atoms with Crippen LogP contribution in [0.15, 0.2) is 12.1 Å². The number of halogens is 2. The molecule has 0 saturated carbocycles. The Bertz CT molecular complexity index is 297. The first kappa shape index (κ1) is 9.96. The van der Waals surface area contributed by atoms with E-state index in [1.165, 1.54) is 12.1 Å². The van der Waals surface area contributed by atoms with E-state index in [0.29, 0.717) is 12.0 Å². The molecule has 0 aliphatic heterocycles. The van der Waals surface area contributed by atoms with Crippen LogP contribution in [0.25, 0.3) is 0 Å². The summed E-state index contributed by atoms with van der Waals surface area (Å²) in [5.41, 5.74) is 0.331. The molecule has 0 radical (unpaired) electrons. The number of aromatic hydroxyl groups is 1. The Balaban J connectivity index is 2.90. The van der Waals surface area contributed by atoms with Crippen LogP contribution in [0.1, 0.15) is 25.3 Å². The lowest BCUT2D eigenvalue weighted by Gasteiger charge is -2.03. The van der Waals surface area contributed by atoms with Gasteiger partial charge in [0.2, 0.25) is 5.82 Å². The summed E-state index contributed by atoms with van der Waals surface area (Å²) in [7, 11) is 0. The van der Waals surface area contributed by atoms with Crippen molar-refractivity contribution in [3.05, 3.63) is 29.3 Å². The number of rotatable bonds is 3. The van der Waals surface area contributed by atoms with E-state index < -0.39 is 17.4 Å². The first-order chi connectivity index (χ1) is 6.16. The number of unbranched alkanes of at least 4 members (excludes halogenated alkanes) is 1. The van der Waals surface area contributed by atoms with Crippen molar-refractivity contribution in [1.29, 1.82) is 0 Å². The third-order valence-electron chi connectivity index (χ3n) is 1.94. The zero-order valence-corrected chi connectivity index (χ0v) is 7.48. The topological polar surface area (TPSA) is 20.2 Å². The minimum atomic E-state index is -1.14. The Morgan fingerprint density at radius 2 is 1.92 bits per heavy atom. The smallest absolute Gasteiger partial charge is 0.200 e. The van der Waals surface area contributed by atoms with E-state index in [1.807, 2.05) is 6.92 Å². The molecule has 1 N–H and O–H groups in total. The van der Waals surface area contributed by atoms with Crippen LogP contribution in [0.3, 0.4) is 0 Å². The number of hydrogen-bond acceptors (Lipinski definition) is 1. The van der Waals surface area contributed by atoms with Gasteiger partial charge >= 0.3 is 0 Å². The zero-order chi connectivity index (χ0) is 9.84. The summed E-state index contributed by atoms with van der Waals surface area (Å²) in [5.74, 6) is -2.69. The van der Waals surface area contributed by atoms with Crippen LogP contribution >= 0.6 is 0 Å². The van der Waals surface area contributed by atoms with Crippen LogP contribution in [-0.2, 0) is 6.42 Å². The van der Waals surface area contributed by atoms with Gasteiger partial charge in [0.1, 0.15) is 0 Å². The van der Waals surface area contributed by atoms with Crippen molar-refractivity contribution < 1.29 is 13.9 Å². The van der Waals surface area contributed by atoms with Gasteiger partial charge in [-0.1, -0.05) is 19.4 Å². The van der Waals surface area contributed by atoms with E-state index in [0.717, 1.165) is 12.8 Å². The van der Waals surface area contributed by atoms with Crippen LogP contribution in [-0.4, -0.2) is 5.11 Å². The first-order valence-corrected chi connectivity index (χ1v) is 4.32. The van der Waals surface area contributed by atoms with Gasteiger partial charge < -0.3 is 5.11 Å². The summed E-state index contributed by atoms with van der Waals surface area (Å²) in [6.07, 6.45) is 2.27. The number of benzene rings is 1. The van der Waals surface area contributed by atoms with Crippen molar-refractivity contribution in [3.8, 4) is 5.75 Å².